The zero-order valence-corrected chi connectivity index (χ0v) is 15.4. The lowest BCUT2D eigenvalue weighted by Gasteiger charge is -2.20. The molecule has 1 aromatic carbocycles. The molecule has 2 aromatic rings. The van der Waals surface area contributed by atoms with Crippen LogP contribution in [0.3, 0.4) is 0 Å². The molecule has 1 aliphatic heterocycles. The van der Waals surface area contributed by atoms with Crippen LogP contribution in [0.4, 0.5) is 5.69 Å². The Morgan fingerprint density at radius 2 is 1.65 bits per heavy atom. The number of nitrogens with zero attached hydrogens (tertiary/aromatic N) is 2. The third-order valence-electron chi connectivity index (χ3n) is 4.85. The Hall–Kier alpha value is -2.69. The van der Waals surface area contributed by atoms with Crippen molar-refractivity contribution in [2.75, 3.05) is 18.4 Å². The Labute approximate surface area is 154 Å². The number of carbonyl (C=O) groups is 2. The average molecular weight is 351 g/mol. The van der Waals surface area contributed by atoms with Gasteiger partial charge in [-0.05, 0) is 49.9 Å². The van der Waals surface area contributed by atoms with Crippen molar-refractivity contribution >= 4 is 17.5 Å². The van der Waals surface area contributed by atoms with Gasteiger partial charge in [-0.2, -0.15) is 0 Å². The first kappa shape index (κ1) is 18.1. The summed E-state index contributed by atoms with van der Waals surface area (Å²) >= 11 is 0. The standard InChI is InChI=1S/C21H25N3O2/c1-15-8-7-9-16(2)19(15)23-20(25)18-14-17(10-11-22-18)21(26)24-12-5-3-4-6-13-24/h7-11,14H,3-6,12-13H2,1-2H3,(H,23,25). The van der Waals surface area contributed by atoms with Gasteiger partial charge >= 0.3 is 0 Å². The molecule has 1 aliphatic rings. The van der Waals surface area contributed by atoms with Crippen LogP contribution < -0.4 is 5.32 Å². The maximum atomic E-state index is 12.8. The van der Waals surface area contributed by atoms with Crippen molar-refractivity contribution in [3.63, 3.8) is 0 Å². The summed E-state index contributed by atoms with van der Waals surface area (Å²) in [6, 6.07) is 9.14. The molecule has 0 bridgehead atoms. The molecular weight excluding hydrogens is 326 g/mol. The van der Waals surface area contributed by atoms with E-state index in [-0.39, 0.29) is 17.5 Å². The van der Waals surface area contributed by atoms with E-state index in [1.54, 1.807) is 12.1 Å². The molecule has 1 fully saturated rings. The highest BCUT2D eigenvalue weighted by atomic mass is 16.2. The fourth-order valence-electron chi connectivity index (χ4n) is 3.33. The van der Waals surface area contributed by atoms with E-state index in [9.17, 15) is 9.59 Å². The number of nitrogens with one attached hydrogen (secondary N) is 1. The molecule has 1 N–H and O–H groups in total. The van der Waals surface area contributed by atoms with Gasteiger partial charge in [-0.15, -0.1) is 0 Å². The van der Waals surface area contributed by atoms with Gasteiger partial charge < -0.3 is 10.2 Å². The number of benzene rings is 1. The lowest BCUT2D eigenvalue weighted by Crippen LogP contribution is -2.32. The molecule has 0 radical (unpaired) electrons. The number of likely N-dealkylation sites (tertiary alicyclic amines) is 1. The Balaban J connectivity index is 1.78. The maximum absolute atomic E-state index is 12.8. The van der Waals surface area contributed by atoms with Crippen LogP contribution in [-0.4, -0.2) is 34.8 Å². The van der Waals surface area contributed by atoms with Gasteiger partial charge in [0.25, 0.3) is 11.8 Å². The third-order valence-corrected chi connectivity index (χ3v) is 4.85. The predicted octanol–water partition coefficient (Wildman–Crippen LogP) is 3.97. The van der Waals surface area contributed by atoms with Gasteiger partial charge in [0, 0.05) is 30.5 Å². The van der Waals surface area contributed by atoms with Gasteiger partial charge in [-0.1, -0.05) is 31.0 Å². The van der Waals surface area contributed by atoms with E-state index in [1.807, 2.05) is 36.9 Å². The van der Waals surface area contributed by atoms with Crippen molar-refractivity contribution in [3.8, 4) is 0 Å². The molecule has 3 rings (SSSR count). The molecule has 26 heavy (non-hydrogen) atoms. The molecule has 5 nitrogen and oxygen atoms in total. The van der Waals surface area contributed by atoms with E-state index in [0.717, 1.165) is 42.7 Å². The largest absolute Gasteiger partial charge is 0.339 e. The van der Waals surface area contributed by atoms with Crippen LogP contribution in [0.25, 0.3) is 0 Å². The van der Waals surface area contributed by atoms with E-state index in [1.165, 1.54) is 19.0 Å². The van der Waals surface area contributed by atoms with Crippen molar-refractivity contribution in [1.82, 2.24) is 9.88 Å². The fraction of sp³-hybridized carbons (Fsp3) is 0.381. The van der Waals surface area contributed by atoms with Crippen molar-refractivity contribution in [1.29, 1.82) is 0 Å². The van der Waals surface area contributed by atoms with E-state index in [4.69, 9.17) is 0 Å². The van der Waals surface area contributed by atoms with Crippen LogP contribution in [0.15, 0.2) is 36.5 Å². The Kier molecular flexibility index (Phi) is 5.66. The fourth-order valence-corrected chi connectivity index (χ4v) is 3.33. The Morgan fingerprint density at radius 3 is 2.31 bits per heavy atom. The number of carbonyl (C=O) groups excluding carboxylic acids is 2. The van der Waals surface area contributed by atoms with Crippen LogP contribution in [0.1, 0.15) is 57.7 Å². The number of rotatable bonds is 3. The zero-order chi connectivity index (χ0) is 18.5. The molecule has 2 amide bonds. The third kappa shape index (κ3) is 4.10. The zero-order valence-electron chi connectivity index (χ0n) is 15.4. The van der Waals surface area contributed by atoms with Gasteiger partial charge in [0.05, 0.1) is 0 Å². The second-order valence-electron chi connectivity index (χ2n) is 6.86. The molecule has 0 aliphatic carbocycles. The molecular formula is C21H25N3O2. The van der Waals surface area contributed by atoms with Crippen molar-refractivity contribution in [2.24, 2.45) is 0 Å². The molecule has 0 saturated carbocycles. The number of pyridine rings is 1. The normalized spacial score (nSPS) is 14.6. The average Bonchev–Trinajstić information content (AvgIpc) is 2.93. The number of aryl methyl sites for hydroxylation is 2. The number of amides is 2. The number of anilines is 1. The predicted molar refractivity (Wildman–Crippen MR) is 102 cm³/mol. The van der Waals surface area contributed by atoms with Gasteiger partial charge in [-0.25, -0.2) is 0 Å². The highest BCUT2D eigenvalue weighted by molar-refractivity contribution is 6.05. The first-order valence-corrected chi connectivity index (χ1v) is 9.19. The van der Waals surface area contributed by atoms with E-state index in [0.29, 0.717) is 5.56 Å². The second-order valence-corrected chi connectivity index (χ2v) is 6.86. The summed E-state index contributed by atoms with van der Waals surface area (Å²) < 4.78 is 0. The summed E-state index contributed by atoms with van der Waals surface area (Å²) in [5.41, 5.74) is 3.57. The Morgan fingerprint density at radius 1 is 1.00 bits per heavy atom. The summed E-state index contributed by atoms with van der Waals surface area (Å²) in [7, 11) is 0. The first-order valence-electron chi connectivity index (χ1n) is 9.19. The van der Waals surface area contributed by atoms with Crippen LogP contribution in [0.2, 0.25) is 0 Å². The Bertz CT molecular complexity index is 788. The molecule has 0 spiro atoms. The smallest absolute Gasteiger partial charge is 0.274 e. The summed E-state index contributed by atoms with van der Waals surface area (Å²) in [6.45, 7) is 5.47. The lowest BCUT2D eigenvalue weighted by molar-refractivity contribution is 0.0761. The highest BCUT2D eigenvalue weighted by Crippen LogP contribution is 2.20. The number of hydrogen-bond donors (Lipinski definition) is 1. The first-order chi connectivity index (χ1) is 12.6. The minimum absolute atomic E-state index is 0.0181. The van der Waals surface area contributed by atoms with Crippen molar-refractivity contribution in [3.05, 3.63) is 58.9 Å². The van der Waals surface area contributed by atoms with E-state index in [2.05, 4.69) is 10.3 Å². The molecule has 1 aromatic heterocycles. The number of para-hydroxylation sites is 1. The lowest BCUT2D eigenvalue weighted by atomic mass is 10.1. The topological polar surface area (TPSA) is 62.3 Å². The van der Waals surface area contributed by atoms with Crippen LogP contribution in [-0.2, 0) is 0 Å². The van der Waals surface area contributed by atoms with Crippen LogP contribution in [0, 0.1) is 13.8 Å². The molecule has 0 atom stereocenters. The maximum Gasteiger partial charge on any atom is 0.274 e. The van der Waals surface area contributed by atoms with Crippen molar-refractivity contribution in [2.45, 2.75) is 39.5 Å². The quantitative estimate of drug-likeness (QED) is 0.910. The summed E-state index contributed by atoms with van der Waals surface area (Å²) in [6.07, 6.45) is 5.95. The minimum Gasteiger partial charge on any atom is -0.339 e. The molecule has 136 valence electrons. The number of hydrogen-bond acceptors (Lipinski definition) is 3. The summed E-state index contributed by atoms with van der Waals surface area (Å²) in [5.74, 6) is -0.316. The van der Waals surface area contributed by atoms with E-state index < -0.39 is 0 Å². The second kappa shape index (κ2) is 8.13. The SMILES string of the molecule is Cc1cccc(C)c1NC(=O)c1cc(C(=O)N2CCCCCC2)ccn1. The van der Waals surface area contributed by atoms with Gasteiger partial charge in [0.1, 0.15) is 5.69 Å². The summed E-state index contributed by atoms with van der Waals surface area (Å²) in [5, 5.41) is 2.92. The van der Waals surface area contributed by atoms with Gasteiger partial charge in [0.2, 0.25) is 0 Å². The number of aromatic nitrogens is 1. The van der Waals surface area contributed by atoms with Crippen LogP contribution in [0.5, 0.6) is 0 Å². The minimum atomic E-state index is -0.298. The van der Waals surface area contributed by atoms with E-state index >= 15 is 0 Å². The van der Waals surface area contributed by atoms with Crippen LogP contribution >= 0.6 is 0 Å². The monoisotopic (exact) mass is 351 g/mol. The van der Waals surface area contributed by atoms with Gasteiger partial charge in [-0.3, -0.25) is 14.6 Å². The molecule has 0 unspecified atom stereocenters. The van der Waals surface area contributed by atoms with Crippen molar-refractivity contribution < 1.29 is 9.59 Å². The molecule has 5 heteroatoms. The molecule has 1 saturated heterocycles. The van der Waals surface area contributed by atoms with Gasteiger partial charge in [0.15, 0.2) is 0 Å². The molecule has 2 heterocycles. The summed E-state index contributed by atoms with van der Waals surface area (Å²) in [4.78, 5) is 31.4. The highest BCUT2D eigenvalue weighted by Gasteiger charge is 2.19.